The zero-order chi connectivity index (χ0) is 31.7. The second-order valence-electron chi connectivity index (χ2n) is 10.0. The van der Waals surface area contributed by atoms with Gasteiger partial charge < -0.3 is 23.9 Å². The van der Waals surface area contributed by atoms with Crippen LogP contribution in [0, 0.1) is 11.6 Å². The van der Waals surface area contributed by atoms with E-state index >= 15 is 8.78 Å². The summed E-state index contributed by atoms with van der Waals surface area (Å²) in [6.45, 7) is -0.707. The molecule has 5 aromatic rings. The molecule has 1 fully saturated rings. The van der Waals surface area contributed by atoms with Gasteiger partial charge in [0.2, 0.25) is 5.88 Å². The van der Waals surface area contributed by atoms with Gasteiger partial charge >= 0.3 is 12.1 Å². The van der Waals surface area contributed by atoms with Crippen LogP contribution in [-0.4, -0.2) is 61.3 Å². The molecule has 10 nitrogen and oxygen atoms in total. The Kier molecular flexibility index (Phi) is 8.33. The molecule has 234 valence electrons. The van der Waals surface area contributed by atoms with Gasteiger partial charge in [-0.25, -0.2) is 23.5 Å². The molecular weight excluding hydrogens is 625 g/mol. The van der Waals surface area contributed by atoms with Gasteiger partial charge in [0.15, 0.2) is 11.6 Å². The Morgan fingerprint density at radius 3 is 2.62 bits per heavy atom. The first kappa shape index (κ1) is 30.3. The molecular formula is C29H22F5N5O5S. The number of ether oxygens (including phenoxy) is 3. The molecule has 0 aliphatic carbocycles. The monoisotopic (exact) mass is 647 g/mol. The van der Waals surface area contributed by atoms with Crippen LogP contribution in [0.2, 0.25) is 0 Å². The summed E-state index contributed by atoms with van der Waals surface area (Å²) in [5.74, 6) is -2.08. The summed E-state index contributed by atoms with van der Waals surface area (Å²) in [5, 5.41) is 16.6. The summed E-state index contributed by atoms with van der Waals surface area (Å²) in [4.78, 5) is 20.4. The van der Waals surface area contributed by atoms with Crippen molar-refractivity contribution >= 4 is 28.3 Å². The number of rotatable bonds is 11. The third-order valence-electron chi connectivity index (χ3n) is 6.89. The SMILES string of the molecule is O=C(O)c1ccc2nc(Cc3cc(F)c(-c4cccc(OCc5nnc(OCC(F)(F)F)s5)n4)cc3F)n(C[C@@H]3CCO3)c2c1. The van der Waals surface area contributed by atoms with E-state index in [1.165, 1.54) is 30.3 Å². The highest BCUT2D eigenvalue weighted by Crippen LogP contribution is 2.29. The number of aromatic nitrogens is 5. The smallest absolute Gasteiger partial charge is 0.422 e. The highest BCUT2D eigenvalue weighted by molar-refractivity contribution is 7.13. The van der Waals surface area contributed by atoms with Crippen LogP contribution in [0.25, 0.3) is 22.3 Å². The molecule has 0 radical (unpaired) electrons. The molecule has 0 saturated carbocycles. The molecule has 3 aromatic heterocycles. The Labute approximate surface area is 255 Å². The lowest BCUT2D eigenvalue weighted by atomic mass is 10.0. The van der Waals surface area contributed by atoms with Crippen molar-refractivity contribution in [2.24, 2.45) is 0 Å². The first-order valence-electron chi connectivity index (χ1n) is 13.5. The number of hydrogen-bond donors (Lipinski definition) is 1. The molecule has 0 unspecified atom stereocenters. The maximum atomic E-state index is 15.4. The maximum absolute atomic E-state index is 15.4. The number of hydrogen-bond acceptors (Lipinski definition) is 9. The molecule has 1 N–H and O–H groups in total. The minimum atomic E-state index is -4.52. The zero-order valence-electron chi connectivity index (χ0n) is 23.1. The van der Waals surface area contributed by atoms with Gasteiger partial charge in [-0.2, -0.15) is 13.2 Å². The third kappa shape index (κ3) is 7.01. The molecule has 2 aromatic carbocycles. The fraction of sp³-hybridized carbons (Fsp3) is 0.276. The first-order valence-corrected chi connectivity index (χ1v) is 14.3. The first-order chi connectivity index (χ1) is 21.5. The average Bonchev–Trinajstić information content (AvgIpc) is 3.57. The molecule has 4 heterocycles. The van der Waals surface area contributed by atoms with E-state index in [0.717, 1.165) is 29.9 Å². The summed E-state index contributed by atoms with van der Waals surface area (Å²) in [6.07, 6.45) is -3.88. The molecule has 45 heavy (non-hydrogen) atoms. The van der Waals surface area contributed by atoms with Crippen LogP contribution in [0.1, 0.15) is 33.2 Å². The van der Waals surface area contributed by atoms with Crippen LogP contribution in [0.15, 0.2) is 48.5 Å². The average molecular weight is 648 g/mol. The number of carboxylic acids is 1. The van der Waals surface area contributed by atoms with Gasteiger partial charge in [-0.05, 0) is 48.4 Å². The minimum Gasteiger partial charge on any atom is -0.478 e. The summed E-state index contributed by atoms with van der Waals surface area (Å²) < 4.78 is 85.3. The number of carboxylic acid groups (broad SMARTS) is 1. The highest BCUT2D eigenvalue weighted by atomic mass is 32.1. The van der Waals surface area contributed by atoms with Crippen molar-refractivity contribution < 1.29 is 46.1 Å². The summed E-state index contributed by atoms with van der Waals surface area (Å²) >= 11 is 0.765. The number of fused-ring (bicyclic) bond motifs is 1. The molecule has 1 saturated heterocycles. The largest absolute Gasteiger partial charge is 0.478 e. The molecule has 1 aliphatic rings. The van der Waals surface area contributed by atoms with Crippen molar-refractivity contribution in [2.45, 2.75) is 38.3 Å². The topological polar surface area (TPSA) is 121 Å². The van der Waals surface area contributed by atoms with Gasteiger partial charge in [-0.1, -0.05) is 22.5 Å². The van der Waals surface area contributed by atoms with Crippen molar-refractivity contribution in [3.05, 3.63) is 82.1 Å². The van der Waals surface area contributed by atoms with Crippen molar-refractivity contribution in [3.8, 4) is 22.3 Å². The molecule has 0 bridgehead atoms. The lowest BCUT2D eigenvalue weighted by molar-refractivity contribution is -0.153. The molecule has 1 aliphatic heterocycles. The van der Waals surface area contributed by atoms with Gasteiger partial charge in [0.25, 0.3) is 5.19 Å². The van der Waals surface area contributed by atoms with Crippen molar-refractivity contribution in [3.63, 3.8) is 0 Å². The molecule has 0 spiro atoms. The Morgan fingerprint density at radius 2 is 1.89 bits per heavy atom. The number of pyridine rings is 1. The van der Waals surface area contributed by atoms with Gasteiger partial charge in [0.05, 0.1) is 34.9 Å². The molecule has 1 atom stereocenters. The summed E-state index contributed by atoms with van der Waals surface area (Å²) in [5.41, 5.74) is 1.14. The second-order valence-corrected chi connectivity index (χ2v) is 11.1. The lowest BCUT2D eigenvalue weighted by Crippen LogP contribution is -2.31. The highest BCUT2D eigenvalue weighted by Gasteiger charge is 2.29. The Hall–Kier alpha value is -4.70. The normalized spacial score (nSPS) is 14.8. The number of halogens is 5. The predicted octanol–water partition coefficient (Wildman–Crippen LogP) is 5.83. The predicted molar refractivity (Wildman–Crippen MR) is 149 cm³/mol. The Bertz CT molecular complexity index is 1870. The number of imidazole rings is 1. The standard InChI is InChI=1S/C29H22F5N5O5S/c30-19-11-18(21-2-1-3-25(36-21)43-13-26-37-38-28(45-26)44-14-29(32,33)34)20(31)8-16(19)10-24-35-22-5-4-15(27(40)41)9-23(22)39(24)12-17-6-7-42-17/h1-5,8-9,11,17H,6-7,10,12-14H2,(H,40,41)/t17-/m0/s1. The van der Waals surface area contributed by atoms with Crippen LogP contribution in [0.5, 0.6) is 11.1 Å². The van der Waals surface area contributed by atoms with E-state index in [1.54, 1.807) is 10.6 Å². The Morgan fingerprint density at radius 1 is 1.07 bits per heavy atom. The van der Waals surface area contributed by atoms with Crippen LogP contribution in [-0.2, 0) is 24.3 Å². The van der Waals surface area contributed by atoms with Crippen LogP contribution >= 0.6 is 11.3 Å². The summed E-state index contributed by atoms with van der Waals surface area (Å²) in [7, 11) is 0. The maximum Gasteiger partial charge on any atom is 0.422 e. The van der Waals surface area contributed by atoms with Crippen molar-refractivity contribution in [2.75, 3.05) is 13.2 Å². The number of carbonyl (C=O) groups is 1. The van der Waals surface area contributed by atoms with E-state index in [2.05, 4.69) is 24.9 Å². The molecule has 6 rings (SSSR count). The van der Waals surface area contributed by atoms with Crippen LogP contribution in [0.3, 0.4) is 0 Å². The number of aromatic carboxylic acids is 1. The van der Waals surface area contributed by atoms with E-state index in [0.29, 0.717) is 30.0 Å². The van der Waals surface area contributed by atoms with Gasteiger partial charge in [-0.3, -0.25) is 0 Å². The zero-order valence-corrected chi connectivity index (χ0v) is 23.9. The van der Waals surface area contributed by atoms with Crippen LogP contribution < -0.4 is 9.47 Å². The molecule has 0 amide bonds. The van der Waals surface area contributed by atoms with Crippen molar-refractivity contribution in [1.29, 1.82) is 0 Å². The van der Waals surface area contributed by atoms with E-state index in [1.807, 2.05) is 0 Å². The van der Waals surface area contributed by atoms with Crippen LogP contribution in [0.4, 0.5) is 22.0 Å². The van der Waals surface area contributed by atoms with E-state index in [4.69, 9.17) is 9.47 Å². The van der Waals surface area contributed by atoms with E-state index in [-0.39, 0.29) is 57.6 Å². The van der Waals surface area contributed by atoms with Gasteiger partial charge in [-0.15, -0.1) is 5.10 Å². The third-order valence-corrected chi connectivity index (χ3v) is 7.70. The fourth-order valence-corrected chi connectivity index (χ4v) is 5.25. The quantitative estimate of drug-likeness (QED) is 0.177. The van der Waals surface area contributed by atoms with E-state index in [9.17, 15) is 23.1 Å². The van der Waals surface area contributed by atoms with Crippen molar-refractivity contribution in [1.82, 2.24) is 24.7 Å². The summed E-state index contributed by atoms with van der Waals surface area (Å²) in [6, 6.07) is 11.1. The Balaban J connectivity index is 1.20. The lowest BCUT2D eigenvalue weighted by Gasteiger charge is -2.27. The van der Waals surface area contributed by atoms with Gasteiger partial charge in [0.1, 0.15) is 24.1 Å². The van der Waals surface area contributed by atoms with Gasteiger partial charge in [0, 0.05) is 24.7 Å². The number of alkyl halides is 3. The fourth-order valence-electron chi connectivity index (χ4n) is 4.65. The molecule has 16 heteroatoms. The number of benzene rings is 2. The second kappa shape index (κ2) is 12.4. The van der Waals surface area contributed by atoms with E-state index < -0.39 is 30.4 Å². The number of nitrogens with zero attached hydrogens (tertiary/aromatic N) is 5. The minimum absolute atomic E-state index is 0.0352.